The first-order valence-electron chi connectivity index (χ1n) is 10.4. The van der Waals surface area contributed by atoms with Gasteiger partial charge in [0, 0.05) is 23.6 Å². The Labute approximate surface area is 187 Å². The Hall–Kier alpha value is -1.67. The summed E-state index contributed by atoms with van der Waals surface area (Å²) in [4.78, 5) is -0.0173. The minimum Gasteiger partial charge on any atom is -0.487 e. The van der Waals surface area contributed by atoms with E-state index in [-0.39, 0.29) is 28.7 Å². The maximum Gasteiger partial charge on any atom is 0.240 e. The van der Waals surface area contributed by atoms with E-state index in [0.717, 1.165) is 31.4 Å². The lowest BCUT2D eigenvalue weighted by Crippen LogP contribution is -2.40. The fourth-order valence-electron chi connectivity index (χ4n) is 4.57. The van der Waals surface area contributed by atoms with E-state index in [1.807, 2.05) is 0 Å². The average Bonchev–Trinajstić information content (AvgIpc) is 3.20. The highest BCUT2D eigenvalue weighted by Crippen LogP contribution is 2.55. The minimum atomic E-state index is -3.83. The molecule has 2 saturated heterocycles. The molecule has 4 rings (SSSR count). The second-order valence-corrected chi connectivity index (χ2v) is 11.1. The van der Waals surface area contributed by atoms with Crippen molar-refractivity contribution in [2.45, 2.75) is 68.8 Å². The summed E-state index contributed by atoms with van der Waals surface area (Å²) < 4.78 is 53.8. The normalized spacial score (nSPS) is 27.7. The van der Waals surface area contributed by atoms with Crippen LogP contribution in [0.3, 0.4) is 0 Å². The first kappa shape index (κ1) is 22.5. The molecule has 168 valence electrons. The smallest absolute Gasteiger partial charge is 0.240 e. The monoisotopic (exact) mass is 467 g/mol. The molecule has 0 aliphatic carbocycles. The van der Waals surface area contributed by atoms with Crippen molar-refractivity contribution >= 4 is 21.6 Å². The molecule has 2 aliphatic rings. The lowest BCUT2D eigenvalue weighted by atomic mass is 9.75. The van der Waals surface area contributed by atoms with Crippen LogP contribution in [0, 0.1) is 11.7 Å². The molecule has 2 aliphatic heterocycles. The Morgan fingerprint density at radius 1 is 1.23 bits per heavy atom. The highest BCUT2D eigenvalue weighted by molar-refractivity contribution is 7.89. The molecule has 8 heteroatoms. The zero-order valence-corrected chi connectivity index (χ0v) is 19.4. The van der Waals surface area contributed by atoms with Crippen molar-refractivity contribution < 1.29 is 22.3 Å². The van der Waals surface area contributed by atoms with Crippen molar-refractivity contribution in [3.63, 3.8) is 0 Å². The van der Waals surface area contributed by atoms with Gasteiger partial charge >= 0.3 is 0 Å². The van der Waals surface area contributed by atoms with Crippen molar-refractivity contribution in [2.24, 2.45) is 5.92 Å². The molecule has 0 spiro atoms. The van der Waals surface area contributed by atoms with E-state index in [1.54, 1.807) is 18.2 Å². The molecule has 0 radical (unpaired) electrons. The second-order valence-electron chi connectivity index (χ2n) is 8.94. The van der Waals surface area contributed by atoms with Gasteiger partial charge in [0.15, 0.2) is 0 Å². The van der Waals surface area contributed by atoms with Gasteiger partial charge in [0.2, 0.25) is 10.0 Å². The van der Waals surface area contributed by atoms with Gasteiger partial charge < -0.3 is 9.47 Å². The molecule has 3 atom stereocenters. The number of hydrogen-bond donors (Lipinski definition) is 1. The van der Waals surface area contributed by atoms with Gasteiger partial charge in [-0.2, -0.15) is 0 Å². The summed E-state index contributed by atoms with van der Waals surface area (Å²) in [5.74, 6) is 0.418. The van der Waals surface area contributed by atoms with E-state index >= 15 is 0 Å². The van der Waals surface area contributed by atoms with Crippen molar-refractivity contribution in [3.8, 4) is 5.75 Å². The van der Waals surface area contributed by atoms with Crippen LogP contribution in [0.25, 0.3) is 0 Å². The quantitative estimate of drug-likeness (QED) is 0.617. The predicted molar refractivity (Wildman–Crippen MR) is 117 cm³/mol. The molecular weight excluding hydrogens is 441 g/mol. The average molecular weight is 468 g/mol. The van der Waals surface area contributed by atoms with Crippen molar-refractivity contribution in [3.05, 3.63) is 58.9 Å². The summed E-state index contributed by atoms with van der Waals surface area (Å²) >= 11 is 6.41. The van der Waals surface area contributed by atoms with Crippen LogP contribution in [-0.2, 0) is 21.3 Å². The van der Waals surface area contributed by atoms with Crippen molar-refractivity contribution in [1.82, 2.24) is 4.72 Å². The molecule has 31 heavy (non-hydrogen) atoms. The van der Waals surface area contributed by atoms with Crippen molar-refractivity contribution in [2.75, 3.05) is 0 Å². The number of nitrogens with one attached hydrogen (secondary N) is 1. The highest BCUT2D eigenvalue weighted by atomic mass is 35.5. The third kappa shape index (κ3) is 4.21. The molecule has 2 aromatic rings. The van der Waals surface area contributed by atoms with Crippen LogP contribution in [0.1, 0.15) is 45.6 Å². The van der Waals surface area contributed by atoms with Crippen LogP contribution in [0.5, 0.6) is 5.75 Å². The van der Waals surface area contributed by atoms with E-state index < -0.39 is 15.8 Å². The molecule has 0 aromatic heterocycles. The molecule has 2 bridgehead atoms. The maximum absolute atomic E-state index is 13.1. The molecule has 1 N–H and O–H groups in total. The van der Waals surface area contributed by atoms with E-state index in [9.17, 15) is 12.8 Å². The van der Waals surface area contributed by atoms with Gasteiger partial charge in [0.05, 0.1) is 10.5 Å². The van der Waals surface area contributed by atoms with E-state index in [2.05, 4.69) is 25.5 Å². The van der Waals surface area contributed by atoms with Crippen LogP contribution in [0.4, 0.5) is 4.39 Å². The number of hydrogen-bond acceptors (Lipinski definition) is 4. The number of benzene rings is 2. The SMILES string of the molecule is CC(C)[C@@]12CC[C@](C)(O1)[C@H](Oc1cccc(Cl)c1CNS(=O)(=O)c1ccc(F)cc1)C2. The summed E-state index contributed by atoms with van der Waals surface area (Å²) in [5, 5.41) is 0.409. The molecule has 2 aromatic carbocycles. The van der Waals surface area contributed by atoms with E-state index in [1.165, 1.54) is 12.1 Å². The number of halogens is 2. The van der Waals surface area contributed by atoms with Gasteiger partial charge in [0.1, 0.15) is 23.3 Å². The highest BCUT2D eigenvalue weighted by Gasteiger charge is 2.61. The lowest BCUT2D eigenvalue weighted by molar-refractivity contribution is -0.0770. The summed E-state index contributed by atoms with van der Waals surface area (Å²) in [7, 11) is -3.83. The Morgan fingerprint density at radius 2 is 1.94 bits per heavy atom. The fourth-order valence-corrected chi connectivity index (χ4v) is 5.80. The first-order valence-corrected chi connectivity index (χ1v) is 12.3. The lowest BCUT2D eigenvalue weighted by Gasteiger charge is -2.32. The van der Waals surface area contributed by atoms with Crippen LogP contribution in [0.15, 0.2) is 47.4 Å². The summed E-state index contributed by atoms with van der Waals surface area (Å²) in [6.07, 6.45) is 2.58. The van der Waals surface area contributed by atoms with Gasteiger partial charge in [-0.1, -0.05) is 31.5 Å². The number of sulfonamides is 1. The van der Waals surface area contributed by atoms with Gasteiger partial charge in [-0.15, -0.1) is 0 Å². The van der Waals surface area contributed by atoms with Gasteiger partial charge in [-0.05, 0) is 62.1 Å². The van der Waals surface area contributed by atoms with E-state index in [0.29, 0.717) is 22.3 Å². The largest absolute Gasteiger partial charge is 0.487 e. The van der Waals surface area contributed by atoms with Crippen LogP contribution in [-0.4, -0.2) is 25.7 Å². The Bertz CT molecular complexity index is 1080. The maximum atomic E-state index is 13.1. The number of fused-ring (bicyclic) bond motifs is 2. The molecule has 0 amide bonds. The Kier molecular flexibility index (Phi) is 5.83. The zero-order chi connectivity index (χ0) is 22.4. The molecule has 2 heterocycles. The third-order valence-electron chi connectivity index (χ3n) is 6.65. The van der Waals surface area contributed by atoms with Crippen LogP contribution >= 0.6 is 11.6 Å². The topological polar surface area (TPSA) is 64.6 Å². The molecule has 0 unspecified atom stereocenters. The van der Waals surface area contributed by atoms with Crippen LogP contribution in [0.2, 0.25) is 5.02 Å². The number of ether oxygens (including phenoxy) is 2. The fraction of sp³-hybridized carbons (Fsp3) is 0.478. The number of rotatable bonds is 7. The first-order chi connectivity index (χ1) is 14.5. The Balaban J connectivity index is 1.54. The Morgan fingerprint density at radius 3 is 2.58 bits per heavy atom. The van der Waals surface area contributed by atoms with Gasteiger partial charge in [0.25, 0.3) is 0 Å². The molecule has 2 fully saturated rings. The summed E-state index contributed by atoms with van der Waals surface area (Å²) in [5.41, 5.74) is -0.000360. The standard InChI is InChI=1S/C23H27ClFNO4S/c1-15(2)23-12-11-22(3,30-23)21(13-23)29-20-6-4-5-19(24)18(20)14-26-31(27,28)17-9-7-16(25)8-10-17/h4-10,15,21,26H,11-14H2,1-3H3/t21-,22+,23+/m1/s1. The second kappa shape index (κ2) is 8.03. The molecule has 5 nitrogen and oxygen atoms in total. The zero-order valence-electron chi connectivity index (χ0n) is 17.8. The van der Waals surface area contributed by atoms with Gasteiger partial charge in [-0.25, -0.2) is 17.5 Å². The third-order valence-corrected chi connectivity index (χ3v) is 8.42. The summed E-state index contributed by atoms with van der Waals surface area (Å²) in [6, 6.07) is 9.94. The molecular formula is C23H27ClFNO4S. The van der Waals surface area contributed by atoms with Crippen molar-refractivity contribution in [1.29, 1.82) is 0 Å². The molecule has 0 saturated carbocycles. The van der Waals surface area contributed by atoms with Gasteiger partial charge in [-0.3, -0.25) is 0 Å². The summed E-state index contributed by atoms with van der Waals surface area (Å²) in [6.45, 7) is 6.37. The van der Waals surface area contributed by atoms with Crippen LogP contribution < -0.4 is 9.46 Å². The minimum absolute atomic E-state index is 0.0173. The van der Waals surface area contributed by atoms with E-state index in [4.69, 9.17) is 21.1 Å². The predicted octanol–water partition coefficient (Wildman–Crippen LogP) is 5.07.